The van der Waals surface area contributed by atoms with E-state index in [1.54, 1.807) is 13.8 Å². The molecule has 0 radical (unpaired) electrons. The fraction of sp³-hybridized carbons (Fsp3) is 0.545. The van der Waals surface area contributed by atoms with Crippen molar-refractivity contribution in [2.24, 2.45) is 5.92 Å². The van der Waals surface area contributed by atoms with Crippen LogP contribution in [-0.4, -0.2) is 21.0 Å². The molecule has 0 saturated heterocycles. The van der Waals surface area contributed by atoms with Crippen molar-refractivity contribution in [3.8, 4) is 0 Å². The second-order valence-corrected chi connectivity index (χ2v) is 4.32. The van der Waals surface area contributed by atoms with Crippen LogP contribution in [0.5, 0.6) is 0 Å². The summed E-state index contributed by atoms with van der Waals surface area (Å²) in [5.74, 6) is -2.62. The monoisotopic (exact) mass is 262 g/mol. The van der Waals surface area contributed by atoms with Gasteiger partial charge in [-0.25, -0.2) is 9.97 Å². The quantitative estimate of drug-likeness (QED) is 0.906. The number of aliphatic carboxylic acids is 1. The van der Waals surface area contributed by atoms with Gasteiger partial charge in [0, 0.05) is 6.20 Å². The maximum Gasteiger partial charge on any atom is 0.433 e. The minimum Gasteiger partial charge on any atom is -0.481 e. The van der Waals surface area contributed by atoms with E-state index in [4.69, 9.17) is 5.11 Å². The van der Waals surface area contributed by atoms with E-state index >= 15 is 0 Å². The molecule has 0 aromatic carbocycles. The number of halogens is 3. The van der Waals surface area contributed by atoms with Gasteiger partial charge in [0.1, 0.15) is 17.4 Å². The summed E-state index contributed by atoms with van der Waals surface area (Å²) >= 11 is 0. The molecule has 0 aliphatic carbocycles. The third kappa shape index (κ3) is 3.68. The van der Waals surface area contributed by atoms with Gasteiger partial charge < -0.3 is 5.11 Å². The average Bonchev–Trinajstić information content (AvgIpc) is 2.24. The molecule has 0 aliphatic rings. The fourth-order valence-corrected chi connectivity index (χ4v) is 1.49. The molecule has 1 heterocycles. The lowest BCUT2D eigenvalue weighted by Gasteiger charge is -2.14. The van der Waals surface area contributed by atoms with Gasteiger partial charge in [0.2, 0.25) is 0 Å². The molecule has 0 aliphatic heterocycles. The van der Waals surface area contributed by atoms with Crippen LogP contribution in [0.15, 0.2) is 12.3 Å². The zero-order valence-corrected chi connectivity index (χ0v) is 9.90. The van der Waals surface area contributed by atoms with E-state index in [-0.39, 0.29) is 18.2 Å². The molecule has 0 saturated carbocycles. The summed E-state index contributed by atoms with van der Waals surface area (Å²) < 4.78 is 37.4. The molecule has 0 fully saturated rings. The molecule has 0 bridgehead atoms. The van der Waals surface area contributed by atoms with Crippen LogP contribution in [0.25, 0.3) is 0 Å². The number of nitrogens with zero attached hydrogens (tertiary/aromatic N) is 2. The summed E-state index contributed by atoms with van der Waals surface area (Å²) in [4.78, 5) is 18.0. The van der Waals surface area contributed by atoms with Crippen molar-refractivity contribution in [2.75, 3.05) is 0 Å². The molecule has 1 unspecified atom stereocenters. The Kier molecular flexibility index (Phi) is 4.26. The van der Waals surface area contributed by atoms with Crippen molar-refractivity contribution in [1.29, 1.82) is 0 Å². The van der Waals surface area contributed by atoms with Crippen molar-refractivity contribution in [3.05, 3.63) is 23.8 Å². The van der Waals surface area contributed by atoms with Crippen molar-refractivity contribution >= 4 is 5.97 Å². The topological polar surface area (TPSA) is 63.1 Å². The van der Waals surface area contributed by atoms with Crippen LogP contribution in [0.1, 0.15) is 37.7 Å². The number of rotatable bonds is 4. The number of carboxylic acid groups (broad SMARTS) is 1. The lowest BCUT2D eigenvalue weighted by molar-refractivity contribution is -0.143. The highest BCUT2D eigenvalue weighted by Crippen LogP contribution is 2.29. The second kappa shape index (κ2) is 5.32. The number of hydrogen-bond donors (Lipinski definition) is 1. The smallest absolute Gasteiger partial charge is 0.433 e. The maximum atomic E-state index is 12.5. The molecule has 1 aromatic heterocycles. The van der Waals surface area contributed by atoms with Gasteiger partial charge in [-0.05, 0) is 18.4 Å². The first-order valence-electron chi connectivity index (χ1n) is 5.34. The summed E-state index contributed by atoms with van der Waals surface area (Å²) in [5, 5.41) is 9.01. The van der Waals surface area contributed by atoms with Gasteiger partial charge >= 0.3 is 12.1 Å². The molecular formula is C11H13F3N2O2. The fourth-order valence-electron chi connectivity index (χ4n) is 1.49. The third-order valence-electron chi connectivity index (χ3n) is 2.28. The molecule has 0 spiro atoms. The summed E-state index contributed by atoms with van der Waals surface area (Å²) in [7, 11) is 0. The Morgan fingerprint density at radius 1 is 1.44 bits per heavy atom. The van der Waals surface area contributed by atoms with Crippen molar-refractivity contribution in [1.82, 2.24) is 9.97 Å². The Morgan fingerprint density at radius 2 is 2.06 bits per heavy atom. The lowest BCUT2D eigenvalue weighted by Crippen LogP contribution is -2.19. The zero-order chi connectivity index (χ0) is 13.9. The van der Waals surface area contributed by atoms with Crippen molar-refractivity contribution in [2.45, 2.75) is 32.4 Å². The van der Waals surface area contributed by atoms with Gasteiger partial charge in [-0.15, -0.1) is 0 Å². The van der Waals surface area contributed by atoms with Crippen LogP contribution in [0.3, 0.4) is 0 Å². The SMILES string of the molecule is CC(C)CC(C(=O)O)c1nccc(C(F)(F)F)n1. The summed E-state index contributed by atoms with van der Waals surface area (Å²) in [5.41, 5.74) is -1.12. The minimum atomic E-state index is -4.60. The van der Waals surface area contributed by atoms with Gasteiger partial charge in [-0.2, -0.15) is 13.2 Å². The lowest BCUT2D eigenvalue weighted by atomic mass is 9.96. The Balaban J connectivity index is 3.10. The molecule has 7 heteroatoms. The molecule has 1 N–H and O–H groups in total. The molecule has 0 amide bonds. The number of hydrogen-bond acceptors (Lipinski definition) is 3. The largest absolute Gasteiger partial charge is 0.481 e. The molecule has 1 rings (SSSR count). The molecule has 4 nitrogen and oxygen atoms in total. The van der Waals surface area contributed by atoms with E-state index in [0.29, 0.717) is 0 Å². The van der Waals surface area contributed by atoms with E-state index in [2.05, 4.69) is 9.97 Å². The third-order valence-corrected chi connectivity index (χ3v) is 2.28. The molecular weight excluding hydrogens is 249 g/mol. The van der Waals surface area contributed by atoms with Gasteiger partial charge in [0.05, 0.1) is 0 Å². The average molecular weight is 262 g/mol. The second-order valence-electron chi connectivity index (χ2n) is 4.32. The molecule has 100 valence electrons. The van der Waals surface area contributed by atoms with E-state index in [1.807, 2.05) is 0 Å². The predicted octanol–water partition coefficient (Wildman–Crippen LogP) is 2.71. The first-order chi connectivity index (χ1) is 8.21. The summed E-state index contributed by atoms with van der Waals surface area (Å²) in [6.07, 6.45) is -3.48. The highest BCUT2D eigenvalue weighted by molar-refractivity contribution is 5.74. The first-order valence-corrected chi connectivity index (χ1v) is 5.34. The maximum absolute atomic E-state index is 12.5. The van der Waals surface area contributed by atoms with Crippen LogP contribution in [0.4, 0.5) is 13.2 Å². The van der Waals surface area contributed by atoms with Crippen molar-refractivity contribution < 1.29 is 23.1 Å². The van der Waals surface area contributed by atoms with Crippen LogP contribution in [-0.2, 0) is 11.0 Å². The number of carbonyl (C=O) groups is 1. The van der Waals surface area contributed by atoms with Crippen LogP contribution < -0.4 is 0 Å². The minimum absolute atomic E-state index is 0.0178. The predicted molar refractivity (Wildman–Crippen MR) is 56.9 cm³/mol. The first kappa shape index (κ1) is 14.4. The van der Waals surface area contributed by atoms with E-state index in [9.17, 15) is 18.0 Å². The van der Waals surface area contributed by atoms with E-state index in [1.165, 1.54) is 0 Å². The number of alkyl halides is 3. The Bertz CT molecular complexity index is 433. The zero-order valence-electron chi connectivity index (χ0n) is 9.90. The van der Waals surface area contributed by atoms with Crippen LogP contribution >= 0.6 is 0 Å². The molecule has 18 heavy (non-hydrogen) atoms. The van der Waals surface area contributed by atoms with Gasteiger partial charge in [-0.1, -0.05) is 13.8 Å². The standard InChI is InChI=1S/C11H13F3N2O2/c1-6(2)5-7(10(17)18)9-15-4-3-8(16-9)11(12,13)14/h3-4,6-7H,5H2,1-2H3,(H,17,18). The summed E-state index contributed by atoms with van der Waals surface area (Å²) in [6, 6.07) is 0.720. The highest BCUT2D eigenvalue weighted by atomic mass is 19.4. The molecule has 1 aromatic rings. The van der Waals surface area contributed by atoms with E-state index in [0.717, 1.165) is 12.3 Å². The number of carboxylic acids is 1. The normalized spacial score (nSPS) is 13.7. The number of aromatic nitrogens is 2. The Labute approximate surface area is 102 Å². The molecule has 1 atom stereocenters. The van der Waals surface area contributed by atoms with Gasteiger partial charge in [-0.3, -0.25) is 4.79 Å². The van der Waals surface area contributed by atoms with Crippen LogP contribution in [0, 0.1) is 5.92 Å². The van der Waals surface area contributed by atoms with Gasteiger partial charge in [0.15, 0.2) is 0 Å². The van der Waals surface area contributed by atoms with Crippen LogP contribution in [0.2, 0.25) is 0 Å². The Morgan fingerprint density at radius 3 is 2.50 bits per heavy atom. The highest BCUT2D eigenvalue weighted by Gasteiger charge is 2.34. The van der Waals surface area contributed by atoms with E-state index < -0.39 is 23.8 Å². The Hall–Kier alpha value is -1.66. The van der Waals surface area contributed by atoms with Crippen molar-refractivity contribution in [3.63, 3.8) is 0 Å². The summed E-state index contributed by atoms with van der Waals surface area (Å²) in [6.45, 7) is 3.56. The van der Waals surface area contributed by atoms with Gasteiger partial charge in [0.25, 0.3) is 0 Å².